The van der Waals surface area contributed by atoms with E-state index in [1.807, 2.05) is 12.2 Å². The molecule has 0 radical (unpaired) electrons. The van der Waals surface area contributed by atoms with Crippen LogP contribution in [0.1, 0.15) is 6.42 Å². The van der Waals surface area contributed by atoms with Crippen molar-refractivity contribution in [2.45, 2.75) is 6.42 Å². The lowest BCUT2D eigenvalue weighted by atomic mass is 9.86. The van der Waals surface area contributed by atoms with E-state index in [0.29, 0.717) is 5.92 Å². The van der Waals surface area contributed by atoms with Gasteiger partial charge in [0.05, 0.1) is 0 Å². The maximum atomic E-state index is 3.93. The molecule has 0 aromatic heterocycles. The summed E-state index contributed by atoms with van der Waals surface area (Å²) in [4.78, 5) is 0. The first-order chi connectivity index (χ1) is 4.75. The molecule has 0 aromatic carbocycles. The molecule has 0 aliphatic heterocycles. The van der Waals surface area contributed by atoms with Crippen LogP contribution in [0.25, 0.3) is 0 Å². The van der Waals surface area contributed by atoms with Crippen molar-refractivity contribution in [2.24, 2.45) is 5.92 Å². The monoisotopic (exact) mass is 132 g/mol. The van der Waals surface area contributed by atoms with E-state index in [-0.39, 0.29) is 0 Å². The number of allylic oxidation sites excluding steroid dienone is 5. The van der Waals surface area contributed by atoms with Crippen molar-refractivity contribution in [3.63, 3.8) is 0 Å². The molecule has 0 N–H and O–H groups in total. The molecular weight excluding hydrogens is 120 g/mol. The van der Waals surface area contributed by atoms with Crippen molar-refractivity contribution >= 4 is 0 Å². The van der Waals surface area contributed by atoms with Gasteiger partial charge in [-0.1, -0.05) is 37.0 Å². The summed E-state index contributed by atoms with van der Waals surface area (Å²) in [5.74, 6) is 0.310. The van der Waals surface area contributed by atoms with Crippen LogP contribution in [0.4, 0.5) is 0 Å². The molecule has 0 heteroatoms. The first-order valence-corrected chi connectivity index (χ1v) is 3.41. The predicted molar refractivity (Wildman–Crippen MR) is 45.7 cm³/mol. The van der Waals surface area contributed by atoms with Gasteiger partial charge in [-0.15, -0.1) is 6.58 Å². The van der Waals surface area contributed by atoms with Crippen molar-refractivity contribution in [3.8, 4) is 0 Å². The normalized spacial score (nSPS) is 25.0. The molecule has 1 aliphatic rings. The molecule has 1 atom stereocenters. The summed E-state index contributed by atoms with van der Waals surface area (Å²) in [5.41, 5.74) is 2.30. The topological polar surface area (TPSA) is 0 Å². The summed E-state index contributed by atoms with van der Waals surface area (Å²) in [6.45, 7) is 11.6. The highest BCUT2D eigenvalue weighted by molar-refractivity contribution is 5.35. The van der Waals surface area contributed by atoms with Crippen LogP contribution in [0.5, 0.6) is 0 Å². The standard InChI is InChI=1S/C10H12/c1-4-10-8(2)6-5-7-9(10)3/h4-6,10H,1-3,7H2. The first kappa shape index (κ1) is 7.07. The lowest BCUT2D eigenvalue weighted by Gasteiger charge is -2.18. The smallest absolute Gasteiger partial charge is 0.0220 e. The van der Waals surface area contributed by atoms with Crippen LogP contribution in [-0.2, 0) is 0 Å². The van der Waals surface area contributed by atoms with Crippen LogP contribution in [0.3, 0.4) is 0 Å². The molecule has 0 saturated carbocycles. The molecule has 1 rings (SSSR count). The van der Waals surface area contributed by atoms with E-state index in [1.165, 1.54) is 5.57 Å². The Balaban J connectivity index is 2.87. The van der Waals surface area contributed by atoms with Crippen LogP contribution in [0.2, 0.25) is 0 Å². The Bertz CT molecular complexity index is 206. The van der Waals surface area contributed by atoms with Gasteiger partial charge in [0.15, 0.2) is 0 Å². The molecule has 0 amide bonds. The fourth-order valence-electron chi connectivity index (χ4n) is 1.17. The zero-order valence-corrected chi connectivity index (χ0v) is 6.14. The van der Waals surface area contributed by atoms with Crippen LogP contribution in [0.15, 0.2) is 49.1 Å². The number of hydrogen-bond acceptors (Lipinski definition) is 0. The molecule has 0 fully saturated rings. The lowest BCUT2D eigenvalue weighted by molar-refractivity contribution is 0.870. The summed E-state index contributed by atoms with van der Waals surface area (Å²) in [6.07, 6.45) is 7.00. The Kier molecular flexibility index (Phi) is 1.91. The predicted octanol–water partition coefficient (Wildman–Crippen LogP) is 2.86. The average molecular weight is 132 g/mol. The van der Waals surface area contributed by atoms with E-state index in [9.17, 15) is 0 Å². The highest BCUT2D eigenvalue weighted by atomic mass is 14.2. The van der Waals surface area contributed by atoms with Crippen LogP contribution >= 0.6 is 0 Å². The molecule has 0 aromatic rings. The maximum absolute atomic E-state index is 3.93. The van der Waals surface area contributed by atoms with E-state index < -0.39 is 0 Å². The summed E-state index contributed by atoms with van der Waals surface area (Å²) < 4.78 is 0. The van der Waals surface area contributed by atoms with Gasteiger partial charge < -0.3 is 0 Å². The molecule has 0 nitrogen and oxygen atoms in total. The quantitative estimate of drug-likeness (QED) is 0.481. The van der Waals surface area contributed by atoms with E-state index in [1.54, 1.807) is 0 Å². The van der Waals surface area contributed by atoms with E-state index in [0.717, 1.165) is 12.0 Å². The van der Waals surface area contributed by atoms with Crippen LogP contribution < -0.4 is 0 Å². The second-order valence-electron chi connectivity index (χ2n) is 2.55. The van der Waals surface area contributed by atoms with Crippen molar-refractivity contribution in [1.82, 2.24) is 0 Å². The van der Waals surface area contributed by atoms with Gasteiger partial charge in [-0.3, -0.25) is 0 Å². The molecule has 0 heterocycles. The van der Waals surface area contributed by atoms with E-state index in [2.05, 4.69) is 25.8 Å². The zero-order valence-electron chi connectivity index (χ0n) is 6.14. The fourth-order valence-corrected chi connectivity index (χ4v) is 1.17. The van der Waals surface area contributed by atoms with Crippen molar-refractivity contribution in [1.29, 1.82) is 0 Å². The second-order valence-corrected chi connectivity index (χ2v) is 2.55. The summed E-state index contributed by atoms with van der Waals surface area (Å²) in [5, 5.41) is 0. The molecule has 10 heavy (non-hydrogen) atoms. The Morgan fingerprint density at radius 2 is 2.20 bits per heavy atom. The number of hydrogen-bond donors (Lipinski definition) is 0. The highest BCUT2D eigenvalue weighted by Gasteiger charge is 2.12. The summed E-state index contributed by atoms with van der Waals surface area (Å²) >= 11 is 0. The van der Waals surface area contributed by atoms with Crippen LogP contribution in [0, 0.1) is 5.92 Å². The van der Waals surface area contributed by atoms with Crippen molar-refractivity contribution in [3.05, 3.63) is 49.1 Å². The van der Waals surface area contributed by atoms with Gasteiger partial charge in [-0.25, -0.2) is 0 Å². The molecule has 0 spiro atoms. The third-order valence-electron chi connectivity index (χ3n) is 1.79. The van der Waals surface area contributed by atoms with Gasteiger partial charge in [0.25, 0.3) is 0 Å². The van der Waals surface area contributed by atoms with Gasteiger partial charge >= 0.3 is 0 Å². The van der Waals surface area contributed by atoms with Crippen molar-refractivity contribution < 1.29 is 0 Å². The summed E-state index contributed by atoms with van der Waals surface area (Å²) in [7, 11) is 0. The van der Waals surface area contributed by atoms with Crippen LogP contribution in [-0.4, -0.2) is 0 Å². The molecule has 1 unspecified atom stereocenters. The van der Waals surface area contributed by atoms with Gasteiger partial charge in [0.1, 0.15) is 0 Å². The Hall–Kier alpha value is -1.04. The highest BCUT2D eigenvalue weighted by Crippen LogP contribution is 2.27. The second kappa shape index (κ2) is 2.70. The molecule has 0 bridgehead atoms. The van der Waals surface area contributed by atoms with Gasteiger partial charge in [0, 0.05) is 5.92 Å². The molecule has 52 valence electrons. The Labute approximate surface area is 62.3 Å². The number of rotatable bonds is 1. The summed E-state index contributed by atoms with van der Waals surface area (Å²) in [6, 6.07) is 0. The van der Waals surface area contributed by atoms with Gasteiger partial charge in [0.2, 0.25) is 0 Å². The molecule has 0 saturated heterocycles. The average Bonchev–Trinajstić information content (AvgIpc) is 1.88. The van der Waals surface area contributed by atoms with E-state index in [4.69, 9.17) is 0 Å². The Morgan fingerprint density at radius 3 is 2.60 bits per heavy atom. The lowest BCUT2D eigenvalue weighted by Crippen LogP contribution is -2.04. The SMILES string of the molecule is C=CC1C(=C)C=CCC1=C. The van der Waals surface area contributed by atoms with E-state index >= 15 is 0 Å². The fraction of sp³-hybridized carbons (Fsp3) is 0.200. The minimum absolute atomic E-state index is 0.310. The third kappa shape index (κ3) is 1.10. The van der Waals surface area contributed by atoms with Gasteiger partial charge in [-0.2, -0.15) is 0 Å². The zero-order chi connectivity index (χ0) is 7.56. The minimum atomic E-state index is 0.310. The van der Waals surface area contributed by atoms with Crippen molar-refractivity contribution in [2.75, 3.05) is 0 Å². The molecule has 1 aliphatic carbocycles. The molecular formula is C10H12. The first-order valence-electron chi connectivity index (χ1n) is 3.41. The van der Waals surface area contributed by atoms with Gasteiger partial charge in [-0.05, 0) is 12.0 Å². The minimum Gasteiger partial charge on any atom is -0.102 e. The maximum Gasteiger partial charge on any atom is 0.0220 e. The third-order valence-corrected chi connectivity index (χ3v) is 1.79. The Morgan fingerprint density at radius 1 is 1.50 bits per heavy atom. The largest absolute Gasteiger partial charge is 0.102 e.